The second-order valence-electron chi connectivity index (χ2n) is 5.58. The highest BCUT2D eigenvalue weighted by atomic mass is 35.5. The Kier molecular flexibility index (Phi) is 5.15. The SMILES string of the molecule is O=C(COc1ccc(Cl)cc1)Nc1ccc(N2CCCS2(=O)=O)cc1. The van der Waals surface area contributed by atoms with E-state index in [0.717, 1.165) is 0 Å². The molecule has 1 saturated heterocycles. The van der Waals surface area contributed by atoms with Crippen LogP contribution in [-0.4, -0.2) is 33.2 Å². The number of rotatable bonds is 5. The molecule has 132 valence electrons. The number of carbonyl (C=O) groups is 1. The van der Waals surface area contributed by atoms with Gasteiger partial charge in [-0.25, -0.2) is 8.42 Å². The average Bonchev–Trinajstić information content (AvgIpc) is 2.94. The van der Waals surface area contributed by atoms with Crippen LogP contribution in [0.1, 0.15) is 6.42 Å². The number of amides is 1. The monoisotopic (exact) mass is 380 g/mol. The number of ether oxygens (including phenoxy) is 1. The van der Waals surface area contributed by atoms with E-state index in [1.54, 1.807) is 48.5 Å². The molecule has 1 aliphatic heterocycles. The molecule has 2 aromatic rings. The van der Waals surface area contributed by atoms with Crippen LogP contribution in [0.3, 0.4) is 0 Å². The molecule has 0 spiro atoms. The van der Waals surface area contributed by atoms with Gasteiger partial charge in [0.05, 0.1) is 11.4 Å². The predicted molar refractivity (Wildman–Crippen MR) is 97.8 cm³/mol. The molecule has 1 aliphatic rings. The summed E-state index contributed by atoms with van der Waals surface area (Å²) < 4.78 is 30.6. The van der Waals surface area contributed by atoms with Gasteiger partial charge in [-0.15, -0.1) is 0 Å². The van der Waals surface area contributed by atoms with E-state index in [9.17, 15) is 13.2 Å². The minimum absolute atomic E-state index is 0.135. The topological polar surface area (TPSA) is 75.7 Å². The largest absolute Gasteiger partial charge is 0.484 e. The molecule has 1 heterocycles. The smallest absolute Gasteiger partial charge is 0.262 e. The molecule has 0 atom stereocenters. The van der Waals surface area contributed by atoms with Crippen LogP contribution in [0.4, 0.5) is 11.4 Å². The molecule has 25 heavy (non-hydrogen) atoms. The van der Waals surface area contributed by atoms with Crippen LogP contribution in [-0.2, 0) is 14.8 Å². The van der Waals surface area contributed by atoms with Gasteiger partial charge in [0, 0.05) is 17.3 Å². The van der Waals surface area contributed by atoms with E-state index in [1.807, 2.05) is 0 Å². The summed E-state index contributed by atoms with van der Waals surface area (Å²) in [5, 5.41) is 3.30. The Hall–Kier alpha value is -2.25. The number of nitrogens with zero attached hydrogens (tertiary/aromatic N) is 1. The summed E-state index contributed by atoms with van der Waals surface area (Å²) in [6.45, 7) is 0.354. The highest BCUT2D eigenvalue weighted by molar-refractivity contribution is 7.93. The number of hydrogen-bond acceptors (Lipinski definition) is 4. The standard InChI is InChI=1S/C17H17ClN2O4S/c18-13-2-8-16(9-3-13)24-12-17(21)19-14-4-6-15(7-5-14)20-10-1-11-25(20,22)23/h2-9H,1,10-12H2,(H,19,21). The zero-order chi connectivity index (χ0) is 17.9. The van der Waals surface area contributed by atoms with Gasteiger partial charge >= 0.3 is 0 Å². The molecular formula is C17H17ClN2O4S. The lowest BCUT2D eigenvalue weighted by Gasteiger charge is -2.17. The summed E-state index contributed by atoms with van der Waals surface area (Å²) in [5.74, 6) is 0.415. The van der Waals surface area contributed by atoms with E-state index < -0.39 is 10.0 Å². The van der Waals surface area contributed by atoms with Gasteiger partial charge in [0.25, 0.3) is 5.91 Å². The summed E-state index contributed by atoms with van der Waals surface area (Å²) in [6, 6.07) is 13.4. The molecule has 0 saturated carbocycles. The average molecular weight is 381 g/mol. The van der Waals surface area contributed by atoms with E-state index in [4.69, 9.17) is 16.3 Å². The Balaban J connectivity index is 1.56. The predicted octanol–water partition coefficient (Wildman–Crippen LogP) is 2.90. The molecule has 0 aliphatic carbocycles. The van der Waals surface area contributed by atoms with Gasteiger partial charge in [0.1, 0.15) is 5.75 Å². The molecule has 0 radical (unpaired) electrons. The van der Waals surface area contributed by atoms with Crippen LogP contribution in [0.2, 0.25) is 5.02 Å². The van der Waals surface area contributed by atoms with Gasteiger partial charge in [-0.3, -0.25) is 9.10 Å². The number of benzene rings is 2. The summed E-state index contributed by atoms with van der Waals surface area (Å²) in [6.07, 6.45) is 0.628. The first-order valence-electron chi connectivity index (χ1n) is 7.73. The number of sulfonamides is 1. The van der Waals surface area contributed by atoms with Crippen LogP contribution in [0.15, 0.2) is 48.5 Å². The Morgan fingerprint density at radius 2 is 1.80 bits per heavy atom. The van der Waals surface area contributed by atoms with Crippen molar-refractivity contribution >= 4 is 38.9 Å². The fourth-order valence-electron chi connectivity index (χ4n) is 2.52. The molecule has 3 rings (SSSR count). The molecule has 6 nitrogen and oxygen atoms in total. The lowest BCUT2D eigenvalue weighted by Crippen LogP contribution is -2.25. The zero-order valence-corrected chi connectivity index (χ0v) is 14.9. The molecule has 2 aromatic carbocycles. The van der Waals surface area contributed by atoms with Crippen molar-refractivity contribution in [2.75, 3.05) is 28.5 Å². The molecule has 0 aromatic heterocycles. The minimum atomic E-state index is -3.20. The molecule has 0 unspecified atom stereocenters. The van der Waals surface area contributed by atoms with Gasteiger partial charge in [-0.2, -0.15) is 0 Å². The van der Waals surface area contributed by atoms with Crippen LogP contribution in [0.5, 0.6) is 5.75 Å². The first kappa shape index (κ1) is 17.6. The van der Waals surface area contributed by atoms with Gasteiger partial charge in [0.2, 0.25) is 10.0 Å². The summed E-state index contributed by atoms with van der Waals surface area (Å²) in [7, 11) is -3.20. The lowest BCUT2D eigenvalue weighted by atomic mass is 10.2. The van der Waals surface area contributed by atoms with E-state index in [0.29, 0.717) is 35.1 Å². The Morgan fingerprint density at radius 1 is 1.12 bits per heavy atom. The van der Waals surface area contributed by atoms with Gasteiger partial charge in [-0.05, 0) is 55.0 Å². The Morgan fingerprint density at radius 3 is 2.40 bits per heavy atom. The number of carbonyl (C=O) groups excluding carboxylic acids is 1. The third-order valence-electron chi connectivity index (χ3n) is 3.72. The van der Waals surface area contributed by atoms with E-state index in [2.05, 4.69) is 5.32 Å². The van der Waals surface area contributed by atoms with Crippen LogP contribution < -0.4 is 14.4 Å². The maximum Gasteiger partial charge on any atom is 0.262 e. The summed E-state index contributed by atoms with van der Waals surface area (Å²) >= 11 is 5.78. The van der Waals surface area contributed by atoms with Crippen molar-refractivity contribution in [2.24, 2.45) is 0 Å². The number of nitrogens with one attached hydrogen (secondary N) is 1. The van der Waals surface area contributed by atoms with Gasteiger partial charge in [-0.1, -0.05) is 11.6 Å². The van der Waals surface area contributed by atoms with Crippen molar-refractivity contribution in [1.29, 1.82) is 0 Å². The second-order valence-corrected chi connectivity index (χ2v) is 8.03. The van der Waals surface area contributed by atoms with Crippen molar-refractivity contribution in [3.63, 3.8) is 0 Å². The number of hydrogen-bond donors (Lipinski definition) is 1. The van der Waals surface area contributed by atoms with E-state index in [-0.39, 0.29) is 18.3 Å². The van der Waals surface area contributed by atoms with Crippen molar-refractivity contribution in [3.8, 4) is 5.75 Å². The number of halogens is 1. The number of anilines is 2. The Bertz CT molecular complexity index is 851. The van der Waals surface area contributed by atoms with E-state index in [1.165, 1.54) is 4.31 Å². The maximum atomic E-state index is 11.9. The highest BCUT2D eigenvalue weighted by Gasteiger charge is 2.28. The van der Waals surface area contributed by atoms with Crippen LogP contribution in [0, 0.1) is 0 Å². The van der Waals surface area contributed by atoms with Crippen molar-refractivity contribution in [3.05, 3.63) is 53.6 Å². The zero-order valence-electron chi connectivity index (χ0n) is 13.3. The molecular weight excluding hydrogens is 364 g/mol. The molecule has 0 bridgehead atoms. The van der Waals surface area contributed by atoms with Crippen molar-refractivity contribution in [2.45, 2.75) is 6.42 Å². The van der Waals surface area contributed by atoms with Crippen LogP contribution in [0.25, 0.3) is 0 Å². The summed E-state index contributed by atoms with van der Waals surface area (Å²) in [4.78, 5) is 11.9. The fraction of sp³-hybridized carbons (Fsp3) is 0.235. The fourth-order valence-corrected chi connectivity index (χ4v) is 4.21. The first-order chi connectivity index (χ1) is 11.9. The maximum absolute atomic E-state index is 11.9. The molecule has 1 amide bonds. The lowest BCUT2D eigenvalue weighted by molar-refractivity contribution is -0.118. The third-order valence-corrected chi connectivity index (χ3v) is 5.84. The highest BCUT2D eigenvalue weighted by Crippen LogP contribution is 2.25. The second kappa shape index (κ2) is 7.33. The third kappa shape index (κ3) is 4.43. The van der Waals surface area contributed by atoms with Crippen molar-refractivity contribution in [1.82, 2.24) is 0 Å². The van der Waals surface area contributed by atoms with Gasteiger partial charge in [0.15, 0.2) is 6.61 Å². The van der Waals surface area contributed by atoms with Crippen LogP contribution >= 0.6 is 11.6 Å². The normalized spacial score (nSPS) is 15.8. The Labute approximate surface area is 151 Å². The molecule has 1 fully saturated rings. The minimum Gasteiger partial charge on any atom is -0.484 e. The molecule has 1 N–H and O–H groups in total. The quantitative estimate of drug-likeness (QED) is 0.865. The van der Waals surface area contributed by atoms with E-state index >= 15 is 0 Å². The first-order valence-corrected chi connectivity index (χ1v) is 9.71. The van der Waals surface area contributed by atoms with Gasteiger partial charge < -0.3 is 10.1 Å². The summed E-state index contributed by atoms with van der Waals surface area (Å²) in [5.41, 5.74) is 1.18. The molecule has 8 heteroatoms. The van der Waals surface area contributed by atoms with Crippen molar-refractivity contribution < 1.29 is 17.9 Å².